The summed E-state index contributed by atoms with van der Waals surface area (Å²) < 4.78 is 5.93. The molecule has 1 aromatic carbocycles. The van der Waals surface area contributed by atoms with E-state index in [1.54, 1.807) is 6.07 Å². The van der Waals surface area contributed by atoms with Crippen molar-refractivity contribution in [2.75, 3.05) is 13.2 Å². The zero-order chi connectivity index (χ0) is 15.9. The number of halogens is 1. The molecule has 1 amide bonds. The molecule has 0 spiro atoms. The van der Waals surface area contributed by atoms with Crippen LogP contribution in [0.4, 0.5) is 0 Å². The van der Waals surface area contributed by atoms with Crippen LogP contribution in [0.3, 0.4) is 0 Å². The number of ether oxygens (including phenoxy) is 1. The minimum Gasteiger partial charge on any atom is -0.352 e. The maximum atomic E-state index is 12.4. The molecule has 122 valence electrons. The molecule has 1 aliphatic rings. The lowest BCUT2D eigenvalue weighted by molar-refractivity contribution is -0.215. The third-order valence-corrected chi connectivity index (χ3v) is 3.71. The van der Waals surface area contributed by atoms with Crippen LogP contribution in [0.1, 0.15) is 61.7 Å². The van der Waals surface area contributed by atoms with Crippen LogP contribution in [-0.2, 0) is 9.57 Å². The first-order chi connectivity index (χ1) is 10.6. The Balaban J connectivity index is 2.02. The zero-order valence-electron chi connectivity index (χ0n) is 13.3. The number of rotatable bonds is 9. The van der Waals surface area contributed by atoms with E-state index in [2.05, 4.69) is 6.92 Å². The van der Waals surface area contributed by atoms with E-state index in [1.807, 2.05) is 25.1 Å². The van der Waals surface area contributed by atoms with Crippen molar-refractivity contribution >= 4 is 17.5 Å². The molecular formula is C17H24ClNO3. The monoisotopic (exact) mass is 325 g/mol. The number of hydroxylamine groups is 2. The molecule has 2 atom stereocenters. The molecule has 0 aromatic heterocycles. The Bertz CT molecular complexity index is 493. The van der Waals surface area contributed by atoms with Crippen molar-refractivity contribution in [2.24, 2.45) is 0 Å². The van der Waals surface area contributed by atoms with Gasteiger partial charge in [-0.2, -0.15) is 5.06 Å². The summed E-state index contributed by atoms with van der Waals surface area (Å²) in [5, 5.41) is 1.16. The minimum atomic E-state index is -0.472. The Kier molecular flexibility index (Phi) is 6.68. The van der Waals surface area contributed by atoms with Gasteiger partial charge in [0.2, 0.25) is 0 Å². The molecule has 0 aliphatic carbocycles. The average Bonchev–Trinajstić information content (AvgIpc) is 2.78. The van der Waals surface area contributed by atoms with Gasteiger partial charge in [0, 0.05) is 17.7 Å². The Morgan fingerprint density at radius 2 is 2.05 bits per heavy atom. The number of carbonyl (C=O) groups excluding carboxylic acids is 1. The molecule has 4 nitrogen and oxygen atoms in total. The van der Waals surface area contributed by atoms with Gasteiger partial charge in [-0.05, 0) is 19.4 Å². The van der Waals surface area contributed by atoms with Crippen molar-refractivity contribution in [2.45, 2.75) is 51.1 Å². The van der Waals surface area contributed by atoms with Gasteiger partial charge in [0.05, 0.1) is 12.0 Å². The molecule has 2 unspecified atom stereocenters. The average molecular weight is 326 g/mol. The second kappa shape index (κ2) is 8.51. The summed E-state index contributed by atoms with van der Waals surface area (Å²) in [7, 11) is 0. The Morgan fingerprint density at radius 1 is 1.27 bits per heavy atom. The van der Waals surface area contributed by atoms with Gasteiger partial charge in [-0.25, -0.2) is 0 Å². The highest BCUT2D eigenvalue weighted by Gasteiger charge is 2.38. The highest BCUT2D eigenvalue weighted by Crippen LogP contribution is 2.34. The van der Waals surface area contributed by atoms with Crippen molar-refractivity contribution in [1.82, 2.24) is 5.06 Å². The van der Waals surface area contributed by atoms with E-state index in [0.717, 1.165) is 18.4 Å². The minimum absolute atomic E-state index is 0.161. The fraction of sp³-hybridized carbons (Fsp3) is 0.588. The fourth-order valence-corrected chi connectivity index (χ4v) is 2.51. The van der Waals surface area contributed by atoms with Gasteiger partial charge >= 0.3 is 0 Å². The summed E-state index contributed by atoms with van der Waals surface area (Å²) in [4.78, 5) is 18.0. The van der Waals surface area contributed by atoms with E-state index in [0.29, 0.717) is 12.2 Å². The van der Waals surface area contributed by atoms with Crippen LogP contribution >= 0.6 is 11.6 Å². The number of fused-ring (bicyclic) bond motifs is 1. The van der Waals surface area contributed by atoms with Crippen molar-refractivity contribution in [3.8, 4) is 0 Å². The van der Waals surface area contributed by atoms with Crippen LogP contribution in [0.15, 0.2) is 24.3 Å². The van der Waals surface area contributed by atoms with E-state index in [-0.39, 0.29) is 17.9 Å². The first-order valence-electron chi connectivity index (χ1n) is 7.96. The third kappa shape index (κ3) is 4.22. The molecule has 0 radical (unpaired) electrons. The van der Waals surface area contributed by atoms with Crippen molar-refractivity contribution in [3.63, 3.8) is 0 Å². The number of unbranched alkanes of at least 4 members (excludes halogenated alkanes) is 3. The lowest BCUT2D eigenvalue weighted by Gasteiger charge is -2.24. The summed E-state index contributed by atoms with van der Waals surface area (Å²) in [6.07, 6.45) is 4.04. The van der Waals surface area contributed by atoms with E-state index in [9.17, 15) is 4.79 Å². The van der Waals surface area contributed by atoms with Gasteiger partial charge in [0.25, 0.3) is 5.91 Å². The Morgan fingerprint density at radius 3 is 2.77 bits per heavy atom. The molecule has 0 saturated heterocycles. The number of carbonyl (C=O) groups is 1. The summed E-state index contributed by atoms with van der Waals surface area (Å²) in [6.45, 7) is 4.89. The van der Waals surface area contributed by atoms with Crippen molar-refractivity contribution in [1.29, 1.82) is 0 Å². The maximum absolute atomic E-state index is 12.4. The Hall–Kier alpha value is -1.10. The van der Waals surface area contributed by atoms with Gasteiger partial charge in [0.15, 0.2) is 6.23 Å². The topological polar surface area (TPSA) is 38.8 Å². The van der Waals surface area contributed by atoms with Crippen LogP contribution in [0.5, 0.6) is 0 Å². The van der Waals surface area contributed by atoms with Gasteiger partial charge in [-0.15, -0.1) is 11.6 Å². The number of alkyl halides is 1. The summed E-state index contributed by atoms with van der Waals surface area (Å²) in [6, 6.07) is 7.48. The molecule has 1 aliphatic heterocycles. The predicted molar refractivity (Wildman–Crippen MR) is 86.7 cm³/mol. The van der Waals surface area contributed by atoms with Crippen LogP contribution in [0.25, 0.3) is 0 Å². The van der Waals surface area contributed by atoms with Crippen LogP contribution in [0.2, 0.25) is 0 Å². The molecule has 5 heteroatoms. The predicted octanol–water partition coefficient (Wildman–Crippen LogP) is 4.30. The number of nitrogens with zero attached hydrogens (tertiary/aromatic N) is 1. The lowest BCUT2D eigenvalue weighted by atomic mass is 10.1. The molecule has 1 aromatic rings. The molecule has 0 saturated carbocycles. The highest BCUT2D eigenvalue weighted by molar-refractivity contribution is 6.20. The standard InChI is InChI=1S/C17H24ClNO3/c1-3-4-5-8-11-21-17-15-10-7-6-9-14(15)16(20)19(17)22-12-13(2)18/h6-7,9-10,13,17H,3-5,8,11-12H2,1-2H3. The van der Waals surface area contributed by atoms with Gasteiger partial charge < -0.3 is 4.74 Å². The second-order valence-electron chi connectivity index (χ2n) is 5.58. The molecule has 2 rings (SSSR count). The van der Waals surface area contributed by atoms with Crippen LogP contribution < -0.4 is 0 Å². The maximum Gasteiger partial charge on any atom is 0.280 e. The largest absolute Gasteiger partial charge is 0.352 e. The molecule has 0 bridgehead atoms. The van der Waals surface area contributed by atoms with E-state index >= 15 is 0 Å². The molecule has 1 heterocycles. The van der Waals surface area contributed by atoms with E-state index in [1.165, 1.54) is 17.9 Å². The van der Waals surface area contributed by atoms with Crippen LogP contribution in [0, 0.1) is 0 Å². The van der Waals surface area contributed by atoms with Gasteiger partial charge in [-0.3, -0.25) is 9.63 Å². The first kappa shape index (κ1) is 17.3. The summed E-state index contributed by atoms with van der Waals surface area (Å²) >= 11 is 5.92. The quantitative estimate of drug-likeness (QED) is 0.502. The number of hydrogen-bond donors (Lipinski definition) is 0. The normalized spacial score (nSPS) is 18.6. The number of hydrogen-bond acceptors (Lipinski definition) is 3. The molecular weight excluding hydrogens is 302 g/mol. The Labute approximate surface area is 137 Å². The zero-order valence-corrected chi connectivity index (χ0v) is 14.0. The lowest BCUT2D eigenvalue weighted by Crippen LogP contribution is -2.32. The van der Waals surface area contributed by atoms with Crippen molar-refractivity contribution < 1.29 is 14.4 Å². The number of amides is 1. The second-order valence-corrected chi connectivity index (χ2v) is 6.32. The van der Waals surface area contributed by atoms with Crippen molar-refractivity contribution in [3.05, 3.63) is 35.4 Å². The SMILES string of the molecule is CCCCCCOC1c2ccccc2C(=O)N1OCC(C)Cl. The third-order valence-electron chi connectivity index (χ3n) is 3.59. The summed E-state index contributed by atoms with van der Waals surface area (Å²) in [5.41, 5.74) is 1.51. The van der Waals surface area contributed by atoms with Gasteiger partial charge in [-0.1, -0.05) is 44.4 Å². The number of benzene rings is 1. The van der Waals surface area contributed by atoms with Crippen LogP contribution in [-0.4, -0.2) is 29.6 Å². The smallest absolute Gasteiger partial charge is 0.280 e. The van der Waals surface area contributed by atoms with Gasteiger partial charge in [0.1, 0.15) is 0 Å². The summed E-state index contributed by atoms with van der Waals surface area (Å²) in [5.74, 6) is -0.161. The fourth-order valence-electron chi connectivity index (χ4n) is 2.45. The highest BCUT2D eigenvalue weighted by atomic mass is 35.5. The molecule has 0 fully saturated rings. The van der Waals surface area contributed by atoms with E-state index in [4.69, 9.17) is 21.2 Å². The molecule has 0 N–H and O–H groups in total. The molecule has 22 heavy (non-hydrogen) atoms. The first-order valence-corrected chi connectivity index (χ1v) is 8.39. The van der Waals surface area contributed by atoms with E-state index < -0.39 is 6.23 Å².